The van der Waals surface area contributed by atoms with E-state index in [0.29, 0.717) is 12.1 Å². The van der Waals surface area contributed by atoms with Gasteiger partial charge in [0.1, 0.15) is 5.75 Å². The molecule has 2 unspecified atom stereocenters. The van der Waals surface area contributed by atoms with Gasteiger partial charge in [-0.05, 0) is 58.4 Å². The van der Waals surface area contributed by atoms with E-state index in [4.69, 9.17) is 4.74 Å². The van der Waals surface area contributed by atoms with Crippen molar-refractivity contribution < 1.29 is 4.74 Å². The monoisotopic (exact) mass is 353 g/mol. The van der Waals surface area contributed by atoms with E-state index in [1.54, 1.807) is 7.11 Å². The lowest BCUT2D eigenvalue weighted by Crippen LogP contribution is -2.23. The number of methoxy groups -OCH3 is 1. The second-order valence-electron chi connectivity index (χ2n) is 4.76. The highest BCUT2D eigenvalue weighted by atomic mass is 79.9. The standard InChI is InChI=1S/C16H20BrNOS/c1-4-14(16-6-5-9-20-16)18-11(2)12-7-8-15(19-3)13(17)10-12/h5-11,14,18H,4H2,1-3H3. The number of halogens is 1. The van der Waals surface area contributed by atoms with Crippen LogP contribution in [-0.4, -0.2) is 7.11 Å². The lowest BCUT2D eigenvalue weighted by Gasteiger charge is -2.22. The van der Waals surface area contributed by atoms with Gasteiger partial charge in [-0.15, -0.1) is 11.3 Å². The molecular weight excluding hydrogens is 334 g/mol. The third-order valence-corrected chi connectivity index (χ3v) is 5.03. The number of hydrogen-bond donors (Lipinski definition) is 1. The second kappa shape index (κ2) is 7.25. The van der Waals surface area contributed by atoms with Gasteiger partial charge in [0, 0.05) is 17.0 Å². The minimum Gasteiger partial charge on any atom is -0.496 e. The highest BCUT2D eigenvalue weighted by Crippen LogP contribution is 2.30. The van der Waals surface area contributed by atoms with Crippen LogP contribution in [0.5, 0.6) is 5.75 Å². The molecule has 1 aromatic carbocycles. The van der Waals surface area contributed by atoms with Crippen LogP contribution < -0.4 is 10.1 Å². The van der Waals surface area contributed by atoms with E-state index < -0.39 is 0 Å². The van der Waals surface area contributed by atoms with Crippen molar-refractivity contribution in [3.8, 4) is 5.75 Å². The predicted octanol–water partition coefficient (Wildman–Crippen LogP) is 5.32. The maximum Gasteiger partial charge on any atom is 0.133 e. The predicted molar refractivity (Wildman–Crippen MR) is 89.6 cm³/mol. The summed E-state index contributed by atoms with van der Waals surface area (Å²) in [5, 5.41) is 5.83. The zero-order valence-electron chi connectivity index (χ0n) is 12.0. The van der Waals surface area contributed by atoms with Crippen molar-refractivity contribution in [2.45, 2.75) is 32.4 Å². The minimum absolute atomic E-state index is 0.296. The fourth-order valence-corrected chi connectivity index (χ4v) is 3.67. The van der Waals surface area contributed by atoms with Crippen LogP contribution in [0.1, 0.15) is 42.8 Å². The second-order valence-corrected chi connectivity index (χ2v) is 6.59. The fourth-order valence-electron chi connectivity index (χ4n) is 2.24. The van der Waals surface area contributed by atoms with Crippen LogP contribution in [0.15, 0.2) is 40.2 Å². The summed E-state index contributed by atoms with van der Waals surface area (Å²) in [6, 6.07) is 11.3. The molecule has 2 aromatic rings. The summed E-state index contributed by atoms with van der Waals surface area (Å²) in [6.07, 6.45) is 1.09. The third kappa shape index (κ3) is 3.62. The normalized spacial score (nSPS) is 14.0. The highest BCUT2D eigenvalue weighted by Gasteiger charge is 2.15. The molecule has 0 bridgehead atoms. The summed E-state index contributed by atoms with van der Waals surface area (Å²) in [6.45, 7) is 4.42. The van der Waals surface area contributed by atoms with Crippen LogP contribution in [-0.2, 0) is 0 Å². The van der Waals surface area contributed by atoms with Crippen molar-refractivity contribution in [1.29, 1.82) is 0 Å². The molecular formula is C16H20BrNOS. The number of hydrogen-bond acceptors (Lipinski definition) is 3. The van der Waals surface area contributed by atoms with E-state index in [1.807, 2.05) is 17.4 Å². The molecule has 0 saturated carbocycles. The summed E-state index contributed by atoms with van der Waals surface area (Å²) >= 11 is 5.36. The topological polar surface area (TPSA) is 21.3 Å². The Bertz CT molecular complexity index is 541. The van der Waals surface area contributed by atoms with Crippen molar-refractivity contribution in [3.63, 3.8) is 0 Å². The SMILES string of the molecule is CCC(NC(C)c1ccc(OC)c(Br)c1)c1cccs1. The van der Waals surface area contributed by atoms with E-state index in [-0.39, 0.29) is 0 Å². The van der Waals surface area contributed by atoms with E-state index in [2.05, 4.69) is 64.7 Å². The van der Waals surface area contributed by atoms with E-state index in [9.17, 15) is 0 Å². The molecule has 4 heteroatoms. The van der Waals surface area contributed by atoms with Gasteiger partial charge >= 0.3 is 0 Å². The quantitative estimate of drug-likeness (QED) is 0.758. The maximum atomic E-state index is 5.28. The molecule has 0 fully saturated rings. The Balaban J connectivity index is 2.11. The first-order valence-electron chi connectivity index (χ1n) is 6.78. The molecule has 0 aliphatic heterocycles. The summed E-state index contributed by atoms with van der Waals surface area (Å²) in [5.74, 6) is 0.867. The lowest BCUT2D eigenvalue weighted by atomic mass is 10.1. The van der Waals surface area contributed by atoms with Gasteiger partial charge in [0.05, 0.1) is 11.6 Å². The number of ether oxygens (including phenoxy) is 1. The van der Waals surface area contributed by atoms with Gasteiger partial charge in [-0.25, -0.2) is 0 Å². The molecule has 20 heavy (non-hydrogen) atoms. The summed E-state index contributed by atoms with van der Waals surface area (Å²) in [5.41, 5.74) is 1.26. The van der Waals surface area contributed by atoms with Crippen LogP contribution in [0.3, 0.4) is 0 Å². The summed E-state index contributed by atoms with van der Waals surface area (Å²) in [4.78, 5) is 1.40. The summed E-state index contributed by atoms with van der Waals surface area (Å²) < 4.78 is 6.27. The third-order valence-electron chi connectivity index (χ3n) is 3.42. The molecule has 2 rings (SSSR count). The van der Waals surface area contributed by atoms with Crippen LogP contribution in [0, 0.1) is 0 Å². The number of benzene rings is 1. The van der Waals surface area contributed by atoms with Crippen molar-refractivity contribution >= 4 is 27.3 Å². The Kier molecular flexibility index (Phi) is 5.64. The van der Waals surface area contributed by atoms with Gasteiger partial charge in [-0.1, -0.05) is 19.1 Å². The van der Waals surface area contributed by atoms with Crippen LogP contribution in [0.2, 0.25) is 0 Å². The number of thiophene rings is 1. The van der Waals surface area contributed by atoms with E-state index >= 15 is 0 Å². The molecule has 0 radical (unpaired) electrons. The molecule has 1 aromatic heterocycles. The molecule has 1 heterocycles. The summed E-state index contributed by atoms with van der Waals surface area (Å²) in [7, 11) is 1.69. The molecule has 0 aliphatic rings. The molecule has 108 valence electrons. The zero-order chi connectivity index (χ0) is 14.5. The van der Waals surface area contributed by atoms with Crippen molar-refractivity contribution in [1.82, 2.24) is 5.32 Å². The van der Waals surface area contributed by atoms with Gasteiger partial charge in [0.25, 0.3) is 0 Å². The average molecular weight is 354 g/mol. The van der Waals surface area contributed by atoms with Crippen molar-refractivity contribution in [2.24, 2.45) is 0 Å². The lowest BCUT2D eigenvalue weighted by molar-refractivity contribution is 0.411. The Hall–Kier alpha value is -0.840. The smallest absolute Gasteiger partial charge is 0.133 e. The Morgan fingerprint density at radius 3 is 2.70 bits per heavy atom. The zero-order valence-corrected chi connectivity index (χ0v) is 14.4. The molecule has 2 nitrogen and oxygen atoms in total. The van der Waals surface area contributed by atoms with E-state index in [0.717, 1.165) is 16.6 Å². The first-order valence-corrected chi connectivity index (χ1v) is 8.45. The molecule has 0 amide bonds. The van der Waals surface area contributed by atoms with Crippen LogP contribution in [0.4, 0.5) is 0 Å². The van der Waals surface area contributed by atoms with E-state index in [1.165, 1.54) is 10.4 Å². The minimum atomic E-state index is 0.296. The molecule has 1 N–H and O–H groups in total. The molecule has 0 saturated heterocycles. The first kappa shape index (κ1) is 15.5. The van der Waals surface area contributed by atoms with Gasteiger partial charge < -0.3 is 10.1 Å². The van der Waals surface area contributed by atoms with Crippen LogP contribution in [0.25, 0.3) is 0 Å². The fraction of sp³-hybridized carbons (Fsp3) is 0.375. The van der Waals surface area contributed by atoms with Gasteiger partial charge in [0.2, 0.25) is 0 Å². The largest absolute Gasteiger partial charge is 0.496 e. The van der Waals surface area contributed by atoms with Gasteiger partial charge in [-0.2, -0.15) is 0 Å². The Morgan fingerprint density at radius 2 is 2.15 bits per heavy atom. The van der Waals surface area contributed by atoms with Crippen molar-refractivity contribution in [2.75, 3.05) is 7.11 Å². The number of nitrogens with one attached hydrogen (secondary N) is 1. The molecule has 0 aliphatic carbocycles. The number of rotatable bonds is 6. The van der Waals surface area contributed by atoms with Crippen molar-refractivity contribution in [3.05, 3.63) is 50.6 Å². The molecule has 0 spiro atoms. The molecule has 2 atom stereocenters. The Labute approximate surface area is 133 Å². The average Bonchev–Trinajstić information content (AvgIpc) is 2.98. The van der Waals surface area contributed by atoms with Gasteiger partial charge in [0.15, 0.2) is 0 Å². The Morgan fingerprint density at radius 1 is 1.35 bits per heavy atom. The maximum absolute atomic E-state index is 5.28. The van der Waals surface area contributed by atoms with Gasteiger partial charge in [-0.3, -0.25) is 0 Å². The highest BCUT2D eigenvalue weighted by molar-refractivity contribution is 9.10. The first-order chi connectivity index (χ1) is 9.65. The van der Waals surface area contributed by atoms with Crippen LogP contribution >= 0.6 is 27.3 Å².